The maximum atomic E-state index is 12.1. The van der Waals surface area contributed by atoms with Crippen molar-refractivity contribution in [3.63, 3.8) is 0 Å². The summed E-state index contributed by atoms with van der Waals surface area (Å²) in [4.78, 5) is 25.7. The van der Waals surface area contributed by atoms with Crippen LogP contribution in [0.3, 0.4) is 0 Å². The van der Waals surface area contributed by atoms with Gasteiger partial charge in [0.25, 0.3) is 0 Å². The van der Waals surface area contributed by atoms with E-state index in [2.05, 4.69) is 17.6 Å². The number of nitrogens with one attached hydrogen (secondary N) is 2. The van der Waals surface area contributed by atoms with Crippen molar-refractivity contribution in [3.8, 4) is 0 Å². The van der Waals surface area contributed by atoms with E-state index >= 15 is 0 Å². The van der Waals surface area contributed by atoms with E-state index in [1.54, 1.807) is 4.90 Å². The third kappa shape index (κ3) is 4.47. The summed E-state index contributed by atoms with van der Waals surface area (Å²) in [5, 5.41) is 6.07. The van der Waals surface area contributed by atoms with Crippen LogP contribution in [0.25, 0.3) is 0 Å². The molecule has 5 heteroatoms. The third-order valence-corrected chi connectivity index (χ3v) is 4.42. The van der Waals surface area contributed by atoms with Crippen molar-refractivity contribution in [1.82, 2.24) is 15.5 Å². The zero-order chi connectivity index (χ0) is 14.4. The van der Waals surface area contributed by atoms with Gasteiger partial charge in [0.1, 0.15) is 0 Å². The largest absolute Gasteiger partial charge is 0.348 e. The normalized spacial score (nSPS) is 27.8. The van der Waals surface area contributed by atoms with Crippen LogP contribution in [0, 0.1) is 11.8 Å². The molecule has 0 aromatic heterocycles. The summed E-state index contributed by atoms with van der Waals surface area (Å²) in [6, 6.07) is 0. The highest BCUT2D eigenvalue weighted by molar-refractivity contribution is 6.35. The lowest BCUT2D eigenvalue weighted by Gasteiger charge is -2.27. The van der Waals surface area contributed by atoms with Crippen LogP contribution in [0.1, 0.15) is 39.0 Å². The summed E-state index contributed by atoms with van der Waals surface area (Å²) in [5.41, 5.74) is 0. The molecule has 20 heavy (non-hydrogen) atoms. The minimum atomic E-state index is -0.426. The third-order valence-electron chi connectivity index (χ3n) is 4.42. The van der Waals surface area contributed by atoms with E-state index in [9.17, 15) is 9.59 Å². The molecule has 1 aliphatic carbocycles. The summed E-state index contributed by atoms with van der Waals surface area (Å²) in [5.74, 6) is 0.502. The Balaban J connectivity index is 1.74. The Labute approximate surface area is 121 Å². The molecule has 1 aliphatic heterocycles. The summed E-state index contributed by atoms with van der Waals surface area (Å²) in [6.45, 7) is 5.93. The summed E-state index contributed by atoms with van der Waals surface area (Å²) >= 11 is 0. The first-order valence-corrected chi connectivity index (χ1v) is 7.94. The Kier molecular flexibility index (Phi) is 5.83. The van der Waals surface area contributed by atoms with Crippen molar-refractivity contribution in [1.29, 1.82) is 0 Å². The zero-order valence-electron chi connectivity index (χ0n) is 12.5. The zero-order valence-corrected chi connectivity index (χ0v) is 12.5. The first kappa shape index (κ1) is 15.3. The van der Waals surface area contributed by atoms with E-state index < -0.39 is 5.91 Å². The molecule has 2 aliphatic rings. The second-order valence-corrected chi connectivity index (χ2v) is 6.24. The molecule has 0 bridgehead atoms. The van der Waals surface area contributed by atoms with Gasteiger partial charge in [0, 0.05) is 26.2 Å². The molecule has 2 N–H and O–H groups in total. The monoisotopic (exact) mass is 281 g/mol. The van der Waals surface area contributed by atoms with Crippen molar-refractivity contribution >= 4 is 11.8 Å². The topological polar surface area (TPSA) is 61.4 Å². The number of hydrogen-bond acceptors (Lipinski definition) is 3. The minimum absolute atomic E-state index is 0.363. The fourth-order valence-corrected chi connectivity index (χ4v) is 3.25. The van der Waals surface area contributed by atoms with E-state index in [0.29, 0.717) is 25.6 Å². The number of amides is 2. The van der Waals surface area contributed by atoms with E-state index in [1.165, 1.54) is 25.7 Å². The number of carbonyl (C=O) groups is 2. The van der Waals surface area contributed by atoms with Crippen LogP contribution < -0.4 is 10.6 Å². The lowest BCUT2D eigenvalue weighted by Crippen LogP contribution is -2.45. The lowest BCUT2D eigenvalue weighted by molar-refractivity contribution is -0.145. The molecule has 1 heterocycles. The van der Waals surface area contributed by atoms with E-state index in [-0.39, 0.29) is 5.91 Å². The first-order valence-electron chi connectivity index (χ1n) is 7.94. The average molecular weight is 281 g/mol. The van der Waals surface area contributed by atoms with Gasteiger partial charge in [-0.25, -0.2) is 0 Å². The van der Waals surface area contributed by atoms with Gasteiger partial charge in [-0.1, -0.05) is 19.8 Å². The van der Waals surface area contributed by atoms with Crippen LogP contribution in [-0.4, -0.2) is 49.4 Å². The molecule has 2 atom stereocenters. The Morgan fingerprint density at radius 2 is 2.05 bits per heavy atom. The first-order chi connectivity index (χ1) is 9.66. The molecule has 1 saturated heterocycles. The second-order valence-electron chi connectivity index (χ2n) is 6.24. The summed E-state index contributed by atoms with van der Waals surface area (Å²) in [6.07, 6.45) is 5.80. The summed E-state index contributed by atoms with van der Waals surface area (Å²) in [7, 11) is 0. The molecule has 2 unspecified atom stereocenters. The number of rotatable bonds is 2. The van der Waals surface area contributed by atoms with Gasteiger partial charge in [0.05, 0.1) is 0 Å². The maximum absolute atomic E-state index is 12.1. The molecular formula is C15H27N3O2. The average Bonchev–Trinajstić information content (AvgIpc) is 2.73. The molecule has 2 rings (SSSR count). The molecule has 2 fully saturated rings. The molecule has 0 aromatic rings. The Bertz CT molecular complexity index is 338. The number of hydrogen-bond donors (Lipinski definition) is 2. The highest BCUT2D eigenvalue weighted by Crippen LogP contribution is 2.27. The van der Waals surface area contributed by atoms with Crippen molar-refractivity contribution in [3.05, 3.63) is 0 Å². The number of nitrogens with zero attached hydrogens (tertiary/aromatic N) is 1. The molecule has 0 aromatic carbocycles. The minimum Gasteiger partial charge on any atom is -0.348 e. The molecule has 1 saturated carbocycles. The maximum Gasteiger partial charge on any atom is 0.311 e. The Hall–Kier alpha value is -1.10. The molecule has 5 nitrogen and oxygen atoms in total. The van der Waals surface area contributed by atoms with Crippen LogP contribution in [0.5, 0.6) is 0 Å². The predicted octanol–water partition coefficient (Wildman–Crippen LogP) is 0.751. The summed E-state index contributed by atoms with van der Waals surface area (Å²) < 4.78 is 0. The molecular weight excluding hydrogens is 254 g/mol. The van der Waals surface area contributed by atoms with E-state index in [0.717, 1.165) is 25.4 Å². The van der Waals surface area contributed by atoms with Crippen LogP contribution in [0.4, 0.5) is 0 Å². The Morgan fingerprint density at radius 1 is 1.20 bits per heavy atom. The van der Waals surface area contributed by atoms with Gasteiger partial charge in [-0.15, -0.1) is 0 Å². The van der Waals surface area contributed by atoms with Crippen molar-refractivity contribution < 1.29 is 9.59 Å². The quantitative estimate of drug-likeness (QED) is 0.734. The van der Waals surface area contributed by atoms with Gasteiger partial charge >= 0.3 is 11.8 Å². The Morgan fingerprint density at radius 3 is 2.85 bits per heavy atom. The highest BCUT2D eigenvalue weighted by Gasteiger charge is 2.24. The predicted molar refractivity (Wildman–Crippen MR) is 78.2 cm³/mol. The van der Waals surface area contributed by atoms with E-state index in [4.69, 9.17) is 0 Å². The smallest absolute Gasteiger partial charge is 0.311 e. The van der Waals surface area contributed by atoms with Gasteiger partial charge in [-0.3, -0.25) is 9.59 Å². The van der Waals surface area contributed by atoms with E-state index in [1.807, 2.05) is 0 Å². The second kappa shape index (κ2) is 7.62. The van der Waals surface area contributed by atoms with Gasteiger partial charge in [-0.05, 0) is 37.6 Å². The van der Waals surface area contributed by atoms with Crippen molar-refractivity contribution in [2.75, 3.05) is 32.7 Å². The number of carbonyl (C=O) groups excluding carboxylic acids is 2. The van der Waals surface area contributed by atoms with Crippen LogP contribution in [0.2, 0.25) is 0 Å². The van der Waals surface area contributed by atoms with Gasteiger partial charge in [0.15, 0.2) is 0 Å². The van der Waals surface area contributed by atoms with Crippen LogP contribution in [-0.2, 0) is 9.59 Å². The van der Waals surface area contributed by atoms with Crippen molar-refractivity contribution in [2.24, 2.45) is 11.8 Å². The molecule has 2 amide bonds. The highest BCUT2D eigenvalue weighted by atomic mass is 16.2. The fraction of sp³-hybridized carbons (Fsp3) is 0.867. The van der Waals surface area contributed by atoms with Crippen LogP contribution >= 0.6 is 0 Å². The van der Waals surface area contributed by atoms with Gasteiger partial charge < -0.3 is 15.5 Å². The van der Waals surface area contributed by atoms with Gasteiger partial charge in [0.2, 0.25) is 0 Å². The standard InChI is InChI=1S/C15H27N3O2/c1-12-4-2-5-13(10-12)11-17-14(19)15(20)18-8-3-6-16-7-9-18/h12-13,16H,2-11H2,1H3,(H,17,19). The van der Waals surface area contributed by atoms with Crippen LogP contribution in [0.15, 0.2) is 0 Å². The molecule has 114 valence electrons. The molecule has 0 spiro atoms. The fourth-order valence-electron chi connectivity index (χ4n) is 3.25. The SMILES string of the molecule is CC1CCCC(CNC(=O)C(=O)N2CCCNCC2)C1. The van der Waals surface area contributed by atoms with Gasteiger partial charge in [-0.2, -0.15) is 0 Å². The van der Waals surface area contributed by atoms with Crippen molar-refractivity contribution in [2.45, 2.75) is 39.0 Å². The molecule has 0 radical (unpaired) electrons. The lowest BCUT2D eigenvalue weighted by atomic mass is 9.82.